The lowest BCUT2D eigenvalue weighted by molar-refractivity contribution is -0.487. The van der Waals surface area contributed by atoms with E-state index >= 15 is 0 Å². The smallest absolute Gasteiger partial charge is 0.341 e. The van der Waals surface area contributed by atoms with Gasteiger partial charge in [-0.3, -0.25) is 25.6 Å². The van der Waals surface area contributed by atoms with Gasteiger partial charge in [-0.15, -0.1) is 0 Å². The number of guanidine groups is 1. The van der Waals surface area contributed by atoms with E-state index in [9.17, 15) is 9.59 Å². The number of unbranched alkanes of at least 4 members (excludes halogenated alkanes) is 1. The molecule has 104 valence electrons. The average molecular weight is 260 g/mol. The highest BCUT2D eigenvalue weighted by Crippen LogP contribution is 1.98. The van der Waals surface area contributed by atoms with Crippen molar-refractivity contribution in [2.24, 2.45) is 17.2 Å². The molecule has 0 saturated heterocycles. The van der Waals surface area contributed by atoms with E-state index in [0.717, 1.165) is 0 Å². The highest BCUT2D eigenvalue weighted by atomic mass is 16.4. The highest BCUT2D eigenvalue weighted by Gasteiger charge is 2.10. The number of hydrogen-bond donors (Lipinski definition) is 5. The second-order valence-electron chi connectivity index (χ2n) is 4.07. The van der Waals surface area contributed by atoms with Gasteiger partial charge in [-0.2, -0.15) is 0 Å². The van der Waals surface area contributed by atoms with Gasteiger partial charge in [-0.25, -0.2) is 0 Å². The summed E-state index contributed by atoms with van der Waals surface area (Å²) in [5, 5.41) is 11.2. The predicted molar refractivity (Wildman–Crippen MR) is 66.9 cm³/mol. The first kappa shape index (κ1) is 16.2. The molecular formula is C10H22N5O3+. The molecule has 1 atom stereocenters. The Morgan fingerprint density at radius 3 is 2.44 bits per heavy atom. The Labute approximate surface area is 106 Å². The number of hydrogen-bond acceptors (Lipinski definition) is 3. The number of carboxylic acid groups (broad SMARTS) is 1. The van der Waals surface area contributed by atoms with Gasteiger partial charge < -0.3 is 16.2 Å². The van der Waals surface area contributed by atoms with Crippen molar-refractivity contribution in [1.82, 2.24) is 5.32 Å². The molecule has 0 aromatic carbocycles. The maximum absolute atomic E-state index is 11.4. The minimum Gasteiger partial charge on any atom is -0.480 e. The predicted octanol–water partition coefficient (Wildman–Crippen LogP) is -2.40. The van der Waals surface area contributed by atoms with Crippen LogP contribution in [0.1, 0.15) is 19.3 Å². The van der Waals surface area contributed by atoms with Crippen LogP contribution in [0, 0.1) is 0 Å². The molecule has 0 spiro atoms. The Balaban J connectivity index is 3.65. The van der Waals surface area contributed by atoms with E-state index in [1.54, 1.807) is 7.05 Å². The molecule has 8 heteroatoms. The third-order valence-corrected chi connectivity index (χ3v) is 2.40. The summed E-state index contributed by atoms with van der Waals surface area (Å²) in [5.74, 6) is -1.11. The van der Waals surface area contributed by atoms with Gasteiger partial charge in [-0.05, 0) is 19.3 Å². The van der Waals surface area contributed by atoms with Crippen molar-refractivity contribution in [3.63, 3.8) is 0 Å². The summed E-state index contributed by atoms with van der Waals surface area (Å²) in [6.07, 6.45) is 1.72. The van der Waals surface area contributed by atoms with Crippen LogP contribution in [0.3, 0.4) is 0 Å². The quantitative estimate of drug-likeness (QED) is 0.142. The number of carboxylic acids is 1. The number of nitrogens with two attached hydrogens (primary N) is 3. The van der Waals surface area contributed by atoms with Crippen LogP contribution in [-0.4, -0.2) is 53.7 Å². The van der Waals surface area contributed by atoms with Gasteiger partial charge in [0, 0.05) is 6.54 Å². The lowest BCUT2D eigenvalue weighted by atomic mass is 10.1. The van der Waals surface area contributed by atoms with Crippen molar-refractivity contribution in [2.45, 2.75) is 25.3 Å². The highest BCUT2D eigenvalue weighted by molar-refractivity contribution is 5.78. The van der Waals surface area contributed by atoms with E-state index in [4.69, 9.17) is 22.3 Å². The summed E-state index contributed by atoms with van der Waals surface area (Å²) in [5.41, 5.74) is 15.9. The van der Waals surface area contributed by atoms with E-state index < -0.39 is 12.0 Å². The Bertz CT molecular complexity index is 325. The summed E-state index contributed by atoms with van der Waals surface area (Å²) in [6, 6.07) is -0.835. The minimum atomic E-state index is -1.00. The van der Waals surface area contributed by atoms with E-state index in [2.05, 4.69) is 5.32 Å². The molecule has 8 N–H and O–H groups in total. The van der Waals surface area contributed by atoms with Gasteiger partial charge in [0.05, 0.1) is 7.05 Å². The number of aliphatic carboxylic acids is 1. The fourth-order valence-corrected chi connectivity index (χ4v) is 1.20. The summed E-state index contributed by atoms with van der Waals surface area (Å²) in [4.78, 5) is 21.8. The zero-order valence-corrected chi connectivity index (χ0v) is 10.6. The van der Waals surface area contributed by atoms with Crippen molar-refractivity contribution in [3.8, 4) is 0 Å². The van der Waals surface area contributed by atoms with Crippen molar-refractivity contribution < 1.29 is 19.3 Å². The Morgan fingerprint density at radius 1 is 1.33 bits per heavy atom. The molecule has 0 aliphatic rings. The van der Waals surface area contributed by atoms with Crippen LogP contribution in [0.2, 0.25) is 0 Å². The fraction of sp³-hybridized carbons (Fsp3) is 0.700. The minimum absolute atomic E-state index is 0.0811. The number of amides is 1. The SMILES string of the molecule is C[N+](CC(=O)NCCCCC(N)C(=O)O)=C(N)N. The number of nitrogens with one attached hydrogen (secondary N) is 1. The first-order chi connectivity index (χ1) is 8.34. The molecule has 0 radical (unpaired) electrons. The molecular weight excluding hydrogens is 238 g/mol. The molecule has 0 rings (SSSR count). The topological polar surface area (TPSA) is 147 Å². The second kappa shape index (κ2) is 8.29. The van der Waals surface area contributed by atoms with Crippen molar-refractivity contribution in [3.05, 3.63) is 0 Å². The maximum atomic E-state index is 11.4. The van der Waals surface area contributed by atoms with Gasteiger partial charge in [0.2, 0.25) is 0 Å². The molecule has 18 heavy (non-hydrogen) atoms. The second-order valence-corrected chi connectivity index (χ2v) is 4.07. The van der Waals surface area contributed by atoms with Crippen molar-refractivity contribution in [1.29, 1.82) is 0 Å². The van der Waals surface area contributed by atoms with Crippen molar-refractivity contribution >= 4 is 17.8 Å². The standard InChI is InChI=1S/C10H21N5O3/c1-15(10(12)13)6-8(16)14-5-3-2-4-7(11)9(17)18/h7H,2-6,11H2,1H3,(H5,12,13,14,16,17,18)/p+1. The summed E-state index contributed by atoms with van der Waals surface area (Å²) >= 11 is 0. The maximum Gasteiger partial charge on any atom is 0.341 e. The van der Waals surface area contributed by atoms with Gasteiger partial charge in [0.25, 0.3) is 5.91 Å². The van der Waals surface area contributed by atoms with E-state index in [0.29, 0.717) is 25.8 Å². The van der Waals surface area contributed by atoms with Gasteiger partial charge in [-0.1, -0.05) is 0 Å². The number of carbonyl (C=O) groups excluding carboxylic acids is 1. The molecule has 1 amide bonds. The number of rotatable bonds is 8. The number of carbonyl (C=O) groups is 2. The van der Waals surface area contributed by atoms with E-state index in [1.165, 1.54) is 4.58 Å². The molecule has 0 bridgehead atoms. The van der Waals surface area contributed by atoms with Gasteiger partial charge in [0.1, 0.15) is 12.6 Å². The lowest BCUT2D eigenvalue weighted by Crippen LogP contribution is -2.40. The molecule has 0 heterocycles. The van der Waals surface area contributed by atoms with Crippen LogP contribution in [0.4, 0.5) is 0 Å². The van der Waals surface area contributed by atoms with Crippen LogP contribution >= 0.6 is 0 Å². The zero-order valence-electron chi connectivity index (χ0n) is 10.6. The van der Waals surface area contributed by atoms with Crippen LogP contribution < -0.4 is 22.5 Å². The molecule has 0 fully saturated rings. The third kappa shape index (κ3) is 7.44. The monoisotopic (exact) mass is 260 g/mol. The normalized spacial score (nSPS) is 11.7. The van der Waals surface area contributed by atoms with E-state index in [-0.39, 0.29) is 18.4 Å². The summed E-state index contributed by atoms with van der Waals surface area (Å²) in [6.45, 7) is 0.570. The number of nitrogens with zero attached hydrogens (tertiary/aromatic N) is 1. The molecule has 1 unspecified atom stereocenters. The van der Waals surface area contributed by atoms with Crippen LogP contribution in [0.5, 0.6) is 0 Å². The molecule has 0 aromatic heterocycles. The molecule has 0 saturated carbocycles. The van der Waals surface area contributed by atoms with Crippen LogP contribution in [0.15, 0.2) is 0 Å². The van der Waals surface area contributed by atoms with Crippen LogP contribution in [-0.2, 0) is 9.59 Å². The molecule has 0 aliphatic carbocycles. The van der Waals surface area contributed by atoms with Crippen LogP contribution in [0.25, 0.3) is 0 Å². The third-order valence-electron chi connectivity index (χ3n) is 2.40. The lowest BCUT2D eigenvalue weighted by Gasteiger charge is -2.07. The Kier molecular flexibility index (Phi) is 7.45. The first-order valence-corrected chi connectivity index (χ1v) is 5.68. The molecule has 0 aliphatic heterocycles. The summed E-state index contributed by atoms with van der Waals surface area (Å²) < 4.78 is 1.43. The largest absolute Gasteiger partial charge is 0.480 e. The fourth-order valence-electron chi connectivity index (χ4n) is 1.20. The summed E-state index contributed by atoms with van der Waals surface area (Å²) in [7, 11) is 1.61. The molecule has 0 aromatic rings. The Hall–Kier alpha value is -1.83. The van der Waals surface area contributed by atoms with Gasteiger partial charge >= 0.3 is 11.9 Å². The zero-order chi connectivity index (χ0) is 14.1. The first-order valence-electron chi connectivity index (χ1n) is 5.68. The number of likely N-dealkylation sites (N-methyl/N-ethyl adjacent to an activating group) is 1. The van der Waals surface area contributed by atoms with E-state index in [1.807, 2.05) is 0 Å². The Morgan fingerprint density at radius 2 is 1.94 bits per heavy atom. The van der Waals surface area contributed by atoms with Crippen molar-refractivity contribution in [2.75, 3.05) is 20.1 Å². The molecule has 8 nitrogen and oxygen atoms in total. The van der Waals surface area contributed by atoms with Gasteiger partial charge in [0.15, 0.2) is 0 Å². The average Bonchev–Trinajstić information content (AvgIpc) is 2.27.